The van der Waals surface area contributed by atoms with E-state index in [4.69, 9.17) is 10.7 Å². The van der Waals surface area contributed by atoms with Gasteiger partial charge in [-0.2, -0.15) is 13.2 Å². The molecule has 0 radical (unpaired) electrons. The summed E-state index contributed by atoms with van der Waals surface area (Å²) in [7, 11) is 0. The maximum Gasteiger partial charge on any atom is 0.416 e. The molecule has 5 rings (SSSR count). The summed E-state index contributed by atoms with van der Waals surface area (Å²) < 4.78 is 55.1. The minimum absolute atomic E-state index is 0.102. The zero-order chi connectivity index (χ0) is 27.2. The molecule has 0 atom stereocenters. The molecule has 0 spiro atoms. The highest BCUT2D eigenvalue weighted by molar-refractivity contribution is 6.10. The first-order chi connectivity index (χ1) is 18.0. The van der Waals surface area contributed by atoms with Crippen molar-refractivity contribution in [1.82, 2.24) is 14.4 Å². The van der Waals surface area contributed by atoms with Gasteiger partial charge in [0.15, 0.2) is 0 Å². The number of nitrogens with two attached hydrogens (primary N) is 1. The molecular formula is C27H22F4N6O. The predicted molar refractivity (Wildman–Crippen MR) is 138 cm³/mol. The Morgan fingerprint density at radius 2 is 1.71 bits per heavy atom. The molecule has 194 valence electrons. The topological polar surface area (TPSA) is 97.3 Å². The molecule has 0 bridgehead atoms. The first kappa shape index (κ1) is 25.0. The van der Waals surface area contributed by atoms with Gasteiger partial charge in [0, 0.05) is 29.3 Å². The van der Waals surface area contributed by atoms with Crippen LogP contribution in [-0.2, 0) is 6.18 Å². The van der Waals surface area contributed by atoms with Gasteiger partial charge in [0.2, 0.25) is 0 Å². The fraction of sp³-hybridized carbons (Fsp3) is 0.148. The van der Waals surface area contributed by atoms with Gasteiger partial charge in [0.1, 0.15) is 28.7 Å². The molecule has 0 fully saturated rings. The second-order valence-corrected chi connectivity index (χ2v) is 8.98. The first-order valence-corrected chi connectivity index (χ1v) is 11.6. The van der Waals surface area contributed by atoms with Crippen molar-refractivity contribution in [2.24, 2.45) is 0 Å². The number of hydrogen-bond donors (Lipinski definition) is 3. The van der Waals surface area contributed by atoms with Crippen LogP contribution in [0.5, 0.6) is 0 Å². The summed E-state index contributed by atoms with van der Waals surface area (Å²) >= 11 is 0. The molecule has 2 aromatic heterocycles. The Labute approximate surface area is 214 Å². The van der Waals surface area contributed by atoms with E-state index < -0.39 is 29.3 Å². The third kappa shape index (κ3) is 4.47. The monoisotopic (exact) mass is 522 g/mol. The number of nitrogens with one attached hydrogen (secondary N) is 2. The number of hydrogen-bond acceptors (Lipinski definition) is 4. The van der Waals surface area contributed by atoms with E-state index in [1.165, 1.54) is 0 Å². The van der Waals surface area contributed by atoms with E-state index in [2.05, 4.69) is 15.6 Å². The summed E-state index contributed by atoms with van der Waals surface area (Å²) in [6.45, 7) is 4.04. The second kappa shape index (κ2) is 9.33. The number of urea groups is 1. The summed E-state index contributed by atoms with van der Waals surface area (Å²) in [6, 6.07) is 11.6. The van der Waals surface area contributed by atoms with Crippen LogP contribution in [0, 0.1) is 5.82 Å². The van der Waals surface area contributed by atoms with E-state index in [0.717, 1.165) is 16.8 Å². The number of anilines is 3. The molecule has 38 heavy (non-hydrogen) atoms. The third-order valence-electron chi connectivity index (χ3n) is 6.10. The Hall–Kier alpha value is -4.67. The summed E-state index contributed by atoms with van der Waals surface area (Å²) in [4.78, 5) is 21.8. The summed E-state index contributed by atoms with van der Waals surface area (Å²) in [5.41, 5.74) is 6.96. The molecular weight excluding hydrogens is 500 g/mol. The van der Waals surface area contributed by atoms with Crippen LogP contribution in [-0.4, -0.2) is 20.4 Å². The molecule has 0 saturated heterocycles. The Morgan fingerprint density at radius 3 is 2.42 bits per heavy atom. The molecule has 5 aromatic rings. The van der Waals surface area contributed by atoms with Crippen molar-refractivity contribution in [3.05, 3.63) is 84.2 Å². The van der Waals surface area contributed by atoms with Crippen molar-refractivity contribution in [3.63, 3.8) is 0 Å². The van der Waals surface area contributed by atoms with E-state index in [1.807, 2.05) is 30.4 Å². The van der Waals surface area contributed by atoms with Crippen LogP contribution < -0.4 is 16.4 Å². The lowest BCUT2D eigenvalue weighted by Crippen LogP contribution is -2.21. The average Bonchev–Trinajstić information content (AvgIpc) is 3.26. The lowest BCUT2D eigenvalue weighted by molar-refractivity contribution is -0.137. The maximum absolute atomic E-state index is 14.1. The molecule has 4 N–H and O–H groups in total. The van der Waals surface area contributed by atoms with E-state index in [1.54, 1.807) is 36.7 Å². The van der Waals surface area contributed by atoms with Gasteiger partial charge in [-0.05, 0) is 29.7 Å². The van der Waals surface area contributed by atoms with Gasteiger partial charge >= 0.3 is 12.2 Å². The van der Waals surface area contributed by atoms with Crippen molar-refractivity contribution in [2.45, 2.75) is 25.9 Å². The standard InChI is InChI=1S/C27H22F4N6O/c1-14(2)25-36-22(23-24(32)33-11-12-37(23)25)18-8-10-20(17-6-4-3-5-16(17)18)34-26(38)35-21-13-15(27(29,30)31)7-9-19(21)28/h3-14H,1-2H3,(H2,32,33)(H2,34,35,38). The summed E-state index contributed by atoms with van der Waals surface area (Å²) in [5, 5.41) is 6.16. The van der Waals surface area contributed by atoms with Crippen LogP contribution in [0.3, 0.4) is 0 Å². The highest BCUT2D eigenvalue weighted by Crippen LogP contribution is 2.37. The lowest BCUT2D eigenvalue weighted by atomic mass is 10.00. The Bertz CT molecular complexity index is 1690. The highest BCUT2D eigenvalue weighted by Gasteiger charge is 2.31. The number of amides is 2. The van der Waals surface area contributed by atoms with E-state index >= 15 is 0 Å². The van der Waals surface area contributed by atoms with Gasteiger partial charge < -0.3 is 16.4 Å². The largest absolute Gasteiger partial charge is 0.416 e. The number of halogens is 4. The van der Waals surface area contributed by atoms with Crippen LogP contribution in [0.4, 0.5) is 39.5 Å². The number of nitrogen functional groups attached to an aromatic ring is 1. The fourth-order valence-electron chi connectivity index (χ4n) is 4.37. The number of fused-ring (bicyclic) bond motifs is 2. The maximum atomic E-state index is 14.1. The SMILES string of the molecule is CC(C)c1nc(-c2ccc(NC(=O)Nc3cc(C(F)(F)F)ccc3F)c3ccccc23)c2c(N)nccn12. The van der Waals surface area contributed by atoms with Crippen molar-refractivity contribution in [1.29, 1.82) is 0 Å². The van der Waals surface area contributed by atoms with Gasteiger partial charge in [-0.3, -0.25) is 4.40 Å². The molecule has 0 aliphatic carbocycles. The molecule has 0 saturated carbocycles. The number of imidazole rings is 1. The van der Waals surface area contributed by atoms with Crippen molar-refractivity contribution in [2.75, 3.05) is 16.4 Å². The molecule has 2 heterocycles. The minimum atomic E-state index is -4.68. The minimum Gasteiger partial charge on any atom is -0.382 e. The van der Waals surface area contributed by atoms with Gasteiger partial charge in [0.05, 0.1) is 16.9 Å². The Balaban J connectivity index is 1.54. The quantitative estimate of drug-likeness (QED) is 0.220. The molecule has 0 aliphatic rings. The van der Waals surface area contributed by atoms with Crippen LogP contribution in [0.2, 0.25) is 0 Å². The van der Waals surface area contributed by atoms with Crippen LogP contribution in [0.25, 0.3) is 27.5 Å². The second-order valence-electron chi connectivity index (χ2n) is 8.98. The molecule has 7 nitrogen and oxygen atoms in total. The summed E-state index contributed by atoms with van der Waals surface area (Å²) in [5.74, 6) is 0.228. The van der Waals surface area contributed by atoms with Crippen LogP contribution in [0.1, 0.15) is 31.2 Å². The van der Waals surface area contributed by atoms with Crippen molar-refractivity contribution < 1.29 is 22.4 Å². The lowest BCUT2D eigenvalue weighted by Gasteiger charge is -2.14. The van der Waals surface area contributed by atoms with Gasteiger partial charge in [-0.1, -0.05) is 44.2 Å². The number of carbonyl (C=O) groups is 1. The number of rotatable bonds is 4. The molecule has 3 aromatic carbocycles. The van der Waals surface area contributed by atoms with Gasteiger partial charge in [0.25, 0.3) is 0 Å². The Morgan fingerprint density at radius 1 is 1.00 bits per heavy atom. The predicted octanol–water partition coefficient (Wildman–Crippen LogP) is 7.06. The van der Waals surface area contributed by atoms with Crippen LogP contribution >= 0.6 is 0 Å². The summed E-state index contributed by atoms with van der Waals surface area (Å²) in [6.07, 6.45) is -1.28. The number of benzene rings is 3. The third-order valence-corrected chi connectivity index (χ3v) is 6.10. The average molecular weight is 523 g/mol. The normalized spacial score (nSPS) is 11.9. The van der Waals surface area contributed by atoms with E-state index in [0.29, 0.717) is 46.3 Å². The number of carbonyl (C=O) groups excluding carboxylic acids is 1. The smallest absolute Gasteiger partial charge is 0.382 e. The van der Waals surface area contributed by atoms with Crippen molar-refractivity contribution in [3.8, 4) is 11.3 Å². The zero-order valence-electron chi connectivity index (χ0n) is 20.3. The molecule has 11 heteroatoms. The highest BCUT2D eigenvalue weighted by atomic mass is 19.4. The number of alkyl halides is 3. The Kier molecular flexibility index (Phi) is 6.14. The molecule has 2 amide bonds. The van der Waals surface area contributed by atoms with Crippen LogP contribution in [0.15, 0.2) is 67.0 Å². The van der Waals surface area contributed by atoms with Crippen molar-refractivity contribution >= 4 is 39.5 Å². The molecule has 0 aliphatic heterocycles. The molecule has 0 unspecified atom stereocenters. The zero-order valence-corrected chi connectivity index (χ0v) is 20.3. The fourth-order valence-corrected chi connectivity index (χ4v) is 4.37. The van der Waals surface area contributed by atoms with Gasteiger partial charge in [-0.15, -0.1) is 0 Å². The first-order valence-electron chi connectivity index (χ1n) is 11.6. The van der Waals surface area contributed by atoms with Gasteiger partial charge in [-0.25, -0.2) is 19.2 Å². The number of nitrogens with zero attached hydrogens (tertiary/aromatic N) is 3. The number of aromatic nitrogens is 3. The van der Waals surface area contributed by atoms with E-state index in [9.17, 15) is 22.4 Å². The van der Waals surface area contributed by atoms with E-state index in [-0.39, 0.29) is 5.92 Å².